The van der Waals surface area contributed by atoms with Crippen molar-refractivity contribution in [3.63, 3.8) is 0 Å². The summed E-state index contributed by atoms with van der Waals surface area (Å²) >= 11 is 0. The van der Waals surface area contributed by atoms with Gasteiger partial charge in [0.25, 0.3) is 0 Å². The molecule has 0 saturated carbocycles. The van der Waals surface area contributed by atoms with Crippen molar-refractivity contribution in [2.75, 3.05) is 25.5 Å². The molecule has 7 heteroatoms. The van der Waals surface area contributed by atoms with Gasteiger partial charge in [-0.2, -0.15) is 0 Å². The lowest BCUT2D eigenvalue weighted by Gasteiger charge is -2.28. The maximum Gasteiger partial charge on any atom is 0.239 e. The van der Waals surface area contributed by atoms with Crippen molar-refractivity contribution in [2.45, 2.75) is 31.8 Å². The Morgan fingerprint density at radius 1 is 1.36 bits per heavy atom. The monoisotopic (exact) mass is 349 g/mol. The number of carbonyl (C=O) groups is 1. The van der Waals surface area contributed by atoms with Crippen LogP contribution in [0, 0.1) is 0 Å². The van der Waals surface area contributed by atoms with Gasteiger partial charge in [0.15, 0.2) is 0 Å². The Kier molecular flexibility index (Phi) is 9.98. The van der Waals surface area contributed by atoms with E-state index in [0.717, 1.165) is 30.8 Å². The average Bonchev–Trinajstić information content (AvgIpc) is 2.45. The number of methoxy groups -OCH3 is 1. The number of ether oxygens (including phenoxy) is 1. The number of benzene rings is 1. The van der Waals surface area contributed by atoms with Crippen LogP contribution in [0.1, 0.15) is 19.8 Å². The Morgan fingerprint density at radius 3 is 2.77 bits per heavy atom. The molecule has 1 aliphatic rings. The average molecular weight is 350 g/mol. The minimum atomic E-state index is 0. The number of amides is 1. The third kappa shape index (κ3) is 6.30. The normalized spacial score (nSPS) is 20.1. The van der Waals surface area contributed by atoms with E-state index in [2.05, 4.69) is 22.9 Å². The molecule has 1 aromatic carbocycles. The molecule has 2 rings (SSSR count). The second kappa shape index (κ2) is 10.5. The van der Waals surface area contributed by atoms with Gasteiger partial charge >= 0.3 is 0 Å². The van der Waals surface area contributed by atoms with E-state index < -0.39 is 0 Å². The van der Waals surface area contributed by atoms with Crippen LogP contribution < -0.4 is 20.7 Å². The molecule has 1 aromatic rings. The predicted octanol–water partition coefficient (Wildman–Crippen LogP) is 2.21. The number of hydrogen-bond donors (Lipinski definition) is 3. The van der Waals surface area contributed by atoms with Gasteiger partial charge in [-0.3, -0.25) is 4.79 Å². The van der Waals surface area contributed by atoms with Crippen LogP contribution in [0.15, 0.2) is 24.3 Å². The summed E-state index contributed by atoms with van der Waals surface area (Å²) in [6.45, 7) is 3.37. The second-order valence-corrected chi connectivity index (χ2v) is 5.20. The van der Waals surface area contributed by atoms with E-state index in [0.29, 0.717) is 6.04 Å². The van der Waals surface area contributed by atoms with Crippen LogP contribution in [0.5, 0.6) is 5.75 Å². The van der Waals surface area contributed by atoms with Gasteiger partial charge in [-0.15, -0.1) is 24.8 Å². The number of carbonyl (C=O) groups excluding carboxylic acids is 1. The van der Waals surface area contributed by atoms with Crippen LogP contribution >= 0.6 is 24.8 Å². The Balaban J connectivity index is 0.00000220. The molecule has 1 aliphatic heterocycles. The summed E-state index contributed by atoms with van der Waals surface area (Å²) in [5, 5.41) is 9.56. The highest BCUT2D eigenvalue weighted by molar-refractivity contribution is 5.85. The highest BCUT2D eigenvalue weighted by Crippen LogP contribution is 2.22. The Morgan fingerprint density at radius 2 is 2.09 bits per heavy atom. The molecule has 2 atom stereocenters. The zero-order valence-electron chi connectivity index (χ0n) is 12.9. The lowest BCUT2D eigenvalue weighted by Crippen LogP contribution is -2.47. The van der Waals surface area contributed by atoms with Crippen molar-refractivity contribution < 1.29 is 9.53 Å². The molecular formula is C15H25Cl2N3O2. The zero-order valence-corrected chi connectivity index (χ0v) is 14.6. The van der Waals surface area contributed by atoms with Crippen molar-refractivity contribution in [3.8, 4) is 5.75 Å². The highest BCUT2D eigenvalue weighted by Gasteiger charge is 2.19. The number of halogens is 2. The van der Waals surface area contributed by atoms with E-state index in [9.17, 15) is 4.79 Å². The van der Waals surface area contributed by atoms with Gasteiger partial charge < -0.3 is 20.7 Å². The lowest BCUT2D eigenvalue weighted by molar-refractivity contribution is -0.120. The largest absolute Gasteiger partial charge is 0.495 e. The van der Waals surface area contributed by atoms with Gasteiger partial charge in [0.1, 0.15) is 5.75 Å². The van der Waals surface area contributed by atoms with Crippen molar-refractivity contribution in [1.29, 1.82) is 0 Å². The molecule has 1 amide bonds. The van der Waals surface area contributed by atoms with Gasteiger partial charge in [0.2, 0.25) is 5.91 Å². The summed E-state index contributed by atoms with van der Waals surface area (Å²) in [4.78, 5) is 12.0. The summed E-state index contributed by atoms with van der Waals surface area (Å²) in [7, 11) is 1.62. The number of anilines is 1. The number of rotatable bonds is 5. The van der Waals surface area contributed by atoms with E-state index in [-0.39, 0.29) is 43.3 Å². The molecule has 0 bridgehead atoms. The smallest absolute Gasteiger partial charge is 0.239 e. The first-order valence-corrected chi connectivity index (χ1v) is 7.08. The molecule has 3 N–H and O–H groups in total. The van der Waals surface area contributed by atoms with Gasteiger partial charge in [-0.05, 0) is 38.4 Å². The Labute approximate surface area is 144 Å². The third-order valence-electron chi connectivity index (χ3n) is 3.54. The van der Waals surface area contributed by atoms with Gasteiger partial charge in [0, 0.05) is 12.1 Å². The van der Waals surface area contributed by atoms with E-state index in [4.69, 9.17) is 4.74 Å². The van der Waals surface area contributed by atoms with Crippen LogP contribution in [0.2, 0.25) is 0 Å². The number of piperidine rings is 1. The van der Waals surface area contributed by atoms with E-state index in [1.54, 1.807) is 7.11 Å². The molecule has 0 aliphatic carbocycles. The minimum absolute atomic E-state index is 0. The Hall–Kier alpha value is -1.17. The fourth-order valence-corrected chi connectivity index (χ4v) is 2.51. The third-order valence-corrected chi connectivity index (χ3v) is 3.54. The summed E-state index contributed by atoms with van der Waals surface area (Å²) in [6.07, 6.45) is 1.98. The van der Waals surface area contributed by atoms with E-state index >= 15 is 0 Å². The van der Waals surface area contributed by atoms with Gasteiger partial charge in [-0.1, -0.05) is 12.1 Å². The molecule has 126 valence electrons. The first-order valence-electron chi connectivity index (χ1n) is 7.08. The van der Waals surface area contributed by atoms with Crippen molar-refractivity contribution in [3.05, 3.63) is 24.3 Å². The van der Waals surface area contributed by atoms with Crippen molar-refractivity contribution >= 4 is 36.4 Å². The molecule has 0 spiro atoms. The number of hydrogen-bond acceptors (Lipinski definition) is 4. The van der Waals surface area contributed by atoms with Crippen LogP contribution in [0.4, 0.5) is 5.69 Å². The molecule has 1 heterocycles. The van der Waals surface area contributed by atoms with E-state index in [1.165, 1.54) is 0 Å². The SMILES string of the molecule is COc1ccccc1NCC(=O)NC1CCNC(C)C1.Cl.Cl. The van der Waals surface area contributed by atoms with Crippen molar-refractivity contribution in [2.24, 2.45) is 0 Å². The summed E-state index contributed by atoms with van der Waals surface area (Å²) in [5.41, 5.74) is 0.837. The molecule has 5 nitrogen and oxygen atoms in total. The van der Waals surface area contributed by atoms with Gasteiger partial charge in [-0.25, -0.2) is 0 Å². The summed E-state index contributed by atoms with van der Waals surface area (Å²) in [6, 6.07) is 8.33. The topological polar surface area (TPSA) is 62.4 Å². The van der Waals surface area contributed by atoms with Gasteiger partial charge in [0.05, 0.1) is 19.3 Å². The first-order chi connectivity index (χ1) is 9.69. The number of nitrogens with one attached hydrogen (secondary N) is 3. The lowest BCUT2D eigenvalue weighted by atomic mass is 10.0. The summed E-state index contributed by atoms with van der Waals surface area (Å²) in [5.74, 6) is 0.769. The van der Waals surface area contributed by atoms with Crippen molar-refractivity contribution in [1.82, 2.24) is 10.6 Å². The summed E-state index contributed by atoms with van der Waals surface area (Å²) < 4.78 is 5.24. The molecular weight excluding hydrogens is 325 g/mol. The standard InChI is InChI=1S/C15H23N3O2.2ClH/c1-11-9-12(7-8-16-11)18-15(19)10-17-13-5-3-4-6-14(13)20-2;;/h3-6,11-12,16-17H,7-10H2,1-2H3,(H,18,19);2*1H. The van der Waals surface area contributed by atoms with E-state index in [1.807, 2.05) is 24.3 Å². The van der Waals surface area contributed by atoms with Crippen LogP contribution in [-0.2, 0) is 4.79 Å². The maximum atomic E-state index is 12.0. The zero-order chi connectivity index (χ0) is 14.4. The van der Waals surface area contributed by atoms with Crippen LogP contribution in [-0.4, -0.2) is 38.2 Å². The fourth-order valence-electron chi connectivity index (χ4n) is 2.51. The number of para-hydroxylation sites is 2. The molecule has 22 heavy (non-hydrogen) atoms. The van der Waals surface area contributed by atoms with Crippen LogP contribution in [0.3, 0.4) is 0 Å². The molecule has 1 fully saturated rings. The quantitative estimate of drug-likeness (QED) is 0.762. The predicted molar refractivity (Wildman–Crippen MR) is 94.6 cm³/mol. The highest BCUT2D eigenvalue weighted by atomic mass is 35.5. The second-order valence-electron chi connectivity index (χ2n) is 5.20. The Bertz CT molecular complexity index is 460. The molecule has 0 radical (unpaired) electrons. The maximum absolute atomic E-state index is 12.0. The molecule has 2 unspecified atom stereocenters. The molecule has 0 aromatic heterocycles. The molecule has 1 saturated heterocycles. The van der Waals surface area contributed by atoms with Crippen LogP contribution in [0.25, 0.3) is 0 Å². The minimum Gasteiger partial charge on any atom is -0.495 e. The fraction of sp³-hybridized carbons (Fsp3) is 0.533. The first kappa shape index (κ1) is 20.8.